The van der Waals surface area contributed by atoms with Crippen molar-refractivity contribution in [3.63, 3.8) is 0 Å². The summed E-state index contributed by atoms with van der Waals surface area (Å²) in [6, 6.07) is 75.6. The first-order valence-electron chi connectivity index (χ1n) is 19.9. The first kappa shape index (κ1) is 33.2. The Bertz CT molecular complexity index is 3090. The molecule has 1 aliphatic rings. The van der Waals surface area contributed by atoms with Gasteiger partial charge >= 0.3 is 0 Å². The summed E-state index contributed by atoms with van der Waals surface area (Å²) in [6.45, 7) is 4.75. The fraction of sp³-hybridized carbons (Fsp3) is 0.0545. The molecule has 0 spiro atoms. The summed E-state index contributed by atoms with van der Waals surface area (Å²) in [5.74, 6) is 0. The molecule has 0 N–H and O–H groups in total. The Kier molecular flexibility index (Phi) is 7.55. The molecule has 1 heterocycles. The lowest BCUT2D eigenvalue weighted by Crippen LogP contribution is -2.20. The monoisotopic (exact) mass is 728 g/mol. The van der Waals surface area contributed by atoms with Gasteiger partial charge in [0.25, 0.3) is 0 Å². The highest BCUT2D eigenvalue weighted by Crippen LogP contribution is 2.54. The molecule has 1 aliphatic carbocycles. The minimum absolute atomic E-state index is 0.193. The van der Waals surface area contributed by atoms with Crippen molar-refractivity contribution in [3.8, 4) is 39.1 Å². The molecule has 0 radical (unpaired) electrons. The van der Waals surface area contributed by atoms with E-state index in [2.05, 4.69) is 230 Å². The number of benzene rings is 9. The van der Waals surface area contributed by atoms with Crippen LogP contribution < -0.4 is 4.90 Å². The molecule has 57 heavy (non-hydrogen) atoms. The predicted molar refractivity (Wildman–Crippen MR) is 241 cm³/mol. The van der Waals surface area contributed by atoms with E-state index in [9.17, 15) is 0 Å². The molecule has 0 atom stereocenters. The van der Waals surface area contributed by atoms with E-state index < -0.39 is 0 Å². The fourth-order valence-corrected chi connectivity index (χ4v) is 9.63. The minimum Gasteiger partial charge on any atom is -0.310 e. The van der Waals surface area contributed by atoms with Gasteiger partial charge in [0, 0.05) is 33.2 Å². The highest BCUT2D eigenvalue weighted by Gasteiger charge is 2.38. The molecule has 2 heteroatoms. The maximum Gasteiger partial charge on any atom is 0.0541 e. The van der Waals surface area contributed by atoms with E-state index in [4.69, 9.17) is 0 Å². The van der Waals surface area contributed by atoms with Crippen LogP contribution in [0.15, 0.2) is 206 Å². The normalized spacial score (nSPS) is 12.9. The van der Waals surface area contributed by atoms with Gasteiger partial charge in [-0.15, -0.1) is 0 Å². The number of hydrogen-bond acceptors (Lipinski definition) is 1. The van der Waals surface area contributed by atoms with Crippen molar-refractivity contribution in [2.45, 2.75) is 19.3 Å². The summed E-state index contributed by atoms with van der Waals surface area (Å²) in [6.07, 6.45) is 0. The van der Waals surface area contributed by atoms with E-state index in [1.807, 2.05) is 0 Å². The lowest BCUT2D eigenvalue weighted by atomic mass is 9.81. The second-order valence-electron chi connectivity index (χ2n) is 15.7. The quantitative estimate of drug-likeness (QED) is 0.165. The molecule has 0 aliphatic heterocycles. The van der Waals surface area contributed by atoms with Crippen LogP contribution in [0.25, 0.3) is 71.6 Å². The molecule has 9 aromatic carbocycles. The molecular weight excluding hydrogens is 689 g/mol. The van der Waals surface area contributed by atoms with Gasteiger partial charge in [-0.25, -0.2) is 0 Å². The molecule has 0 unspecified atom stereocenters. The first-order valence-corrected chi connectivity index (χ1v) is 19.9. The number of rotatable bonds is 6. The summed E-state index contributed by atoms with van der Waals surface area (Å²) in [4.78, 5) is 2.48. The SMILES string of the molecule is CC1(C)c2ccccc2-c2cccc(N(c3ccc(-c4cccc5cccc(-c6ccccc6)c45)cc3)c3cccc(-n4c5ccccc5c5ccccc54)c3)c21. The first-order chi connectivity index (χ1) is 28.1. The zero-order valence-corrected chi connectivity index (χ0v) is 32.0. The van der Waals surface area contributed by atoms with E-state index in [1.54, 1.807) is 0 Å². The molecule has 2 nitrogen and oxygen atoms in total. The summed E-state index contributed by atoms with van der Waals surface area (Å²) >= 11 is 0. The molecular formula is C55H40N2. The van der Waals surface area contributed by atoms with E-state index in [0.29, 0.717) is 0 Å². The van der Waals surface area contributed by atoms with Gasteiger partial charge in [0.2, 0.25) is 0 Å². The van der Waals surface area contributed by atoms with Gasteiger partial charge in [-0.05, 0) is 104 Å². The molecule has 1 aromatic heterocycles. The zero-order chi connectivity index (χ0) is 38.1. The Hall–Kier alpha value is -7.16. The van der Waals surface area contributed by atoms with Gasteiger partial charge in [-0.1, -0.05) is 172 Å². The molecule has 0 saturated heterocycles. The van der Waals surface area contributed by atoms with Crippen molar-refractivity contribution < 1.29 is 0 Å². The highest BCUT2D eigenvalue weighted by molar-refractivity contribution is 6.09. The van der Waals surface area contributed by atoms with Crippen LogP contribution in [0, 0.1) is 0 Å². The van der Waals surface area contributed by atoms with Crippen LogP contribution in [0.4, 0.5) is 17.1 Å². The number of para-hydroxylation sites is 2. The Morgan fingerprint density at radius 2 is 0.982 bits per heavy atom. The van der Waals surface area contributed by atoms with Crippen molar-refractivity contribution in [2.24, 2.45) is 0 Å². The molecule has 270 valence electrons. The number of fused-ring (bicyclic) bond motifs is 7. The van der Waals surface area contributed by atoms with Crippen LogP contribution in [-0.2, 0) is 5.41 Å². The molecule has 0 saturated carbocycles. The van der Waals surface area contributed by atoms with Crippen LogP contribution in [0.3, 0.4) is 0 Å². The molecule has 0 fully saturated rings. The third-order valence-corrected chi connectivity index (χ3v) is 12.2. The summed E-state index contributed by atoms with van der Waals surface area (Å²) < 4.78 is 2.41. The van der Waals surface area contributed by atoms with Crippen molar-refractivity contribution in [1.82, 2.24) is 4.57 Å². The number of aromatic nitrogens is 1. The second-order valence-corrected chi connectivity index (χ2v) is 15.7. The van der Waals surface area contributed by atoms with Crippen molar-refractivity contribution in [3.05, 3.63) is 217 Å². The summed E-state index contributed by atoms with van der Waals surface area (Å²) in [5.41, 5.74) is 17.0. The lowest BCUT2D eigenvalue weighted by molar-refractivity contribution is 0.661. The van der Waals surface area contributed by atoms with Gasteiger partial charge in [-0.3, -0.25) is 0 Å². The average Bonchev–Trinajstić information content (AvgIpc) is 3.73. The predicted octanol–water partition coefficient (Wildman–Crippen LogP) is 15.0. The standard InChI is InChI=1S/C55H40N2/c1-55(2)49-28-9-6-22-45(49)48-27-15-31-52(54(48)55)56(41-20-14-21-42(36-41)57-50-29-10-7-23-46(50)47-24-8-11-30-51(47)57)40-34-32-38(33-35-40)44-26-13-19-39-18-12-25-43(53(39)44)37-16-4-3-5-17-37/h3-36H,1-2H3. The van der Waals surface area contributed by atoms with Crippen LogP contribution in [0.1, 0.15) is 25.0 Å². The van der Waals surface area contributed by atoms with Gasteiger partial charge < -0.3 is 9.47 Å². The molecule has 0 amide bonds. The van der Waals surface area contributed by atoms with Gasteiger partial charge in [0.15, 0.2) is 0 Å². The Balaban J connectivity index is 1.11. The smallest absolute Gasteiger partial charge is 0.0541 e. The van der Waals surface area contributed by atoms with Crippen LogP contribution >= 0.6 is 0 Å². The second kappa shape index (κ2) is 13.0. The fourth-order valence-electron chi connectivity index (χ4n) is 9.63. The number of nitrogens with zero attached hydrogens (tertiary/aromatic N) is 2. The Labute approximate surface area is 333 Å². The number of hydrogen-bond donors (Lipinski definition) is 0. The maximum absolute atomic E-state index is 2.48. The van der Waals surface area contributed by atoms with E-state index >= 15 is 0 Å². The Morgan fingerprint density at radius 1 is 0.421 bits per heavy atom. The van der Waals surface area contributed by atoms with Crippen LogP contribution in [0.5, 0.6) is 0 Å². The van der Waals surface area contributed by atoms with Crippen LogP contribution in [0.2, 0.25) is 0 Å². The minimum atomic E-state index is -0.193. The van der Waals surface area contributed by atoms with E-state index in [0.717, 1.165) is 17.1 Å². The third-order valence-electron chi connectivity index (χ3n) is 12.2. The van der Waals surface area contributed by atoms with Gasteiger partial charge in [0.05, 0.1) is 16.7 Å². The van der Waals surface area contributed by atoms with Crippen molar-refractivity contribution in [2.75, 3.05) is 4.90 Å². The Morgan fingerprint density at radius 3 is 1.70 bits per heavy atom. The van der Waals surface area contributed by atoms with Crippen LogP contribution in [-0.4, -0.2) is 4.57 Å². The largest absolute Gasteiger partial charge is 0.310 e. The maximum atomic E-state index is 2.48. The van der Waals surface area contributed by atoms with E-state index in [1.165, 1.54) is 82.8 Å². The molecule has 11 rings (SSSR count). The summed E-state index contributed by atoms with van der Waals surface area (Å²) in [7, 11) is 0. The number of anilines is 3. The van der Waals surface area contributed by atoms with Crippen molar-refractivity contribution in [1.29, 1.82) is 0 Å². The third kappa shape index (κ3) is 5.18. The highest BCUT2D eigenvalue weighted by atomic mass is 15.1. The zero-order valence-electron chi connectivity index (χ0n) is 32.0. The van der Waals surface area contributed by atoms with Gasteiger partial charge in [0.1, 0.15) is 0 Å². The molecule has 0 bridgehead atoms. The van der Waals surface area contributed by atoms with Crippen molar-refractivity contribution >= 4 is 49.6 Å². The lowest BCUT2D eigenvalue weighted by Gasteiger charge is -2.32. The average molecular weight is 729 g/mol. The van der Waals surface area contributed by atoms with E-state index in [-0.39, 0.29) is 5.41 Å². The molecule has 10 aromatic rings. The topological polar surface area (TPSA) is 8.17 Å². The summed E-state index contributed by atoms with van der Waals surface area (Å²) in [5, 5.41) is 5.03. The van der Waals surface area contributed by atoms with Gasteiger partial charge in [-0.2, -0.15) is 0 Å².